The minimum Gasteiger partial charge on any atom is -0.399 e. The first-order valence-electron chi connectivity index (χ1n) is 5.59. The van der Waals surface area contributed by atoms with Gasteiger partial charge < -0.3 is 11.1 Å². The molecule has 0 heterocycles. The van der Waals surface area contributed by atoms with Crippen LogP contribution in [0.5, 0.6) is 0 Å². The molecule has 0 aliphatic heterocycles. The van der Waals surface area contributed by atoms with Crippen LogP contribution >= 0.6 is 15.9 Å². The molecular weight excluding hydrogens is 295 g/mol. The van der Waals surface area contributed by atoms with E-state index in [1.54, 1.807) is 12.1 Å². The van der Waals surface area contributed by atoms with E-state index in [-0.39, 0.29) is 5.82 Å². The Morgan fingerprint density at radius 3 is 2.72 bits per heavy atom. The predicted octanol–water partition coefficient (Wildman–Crippen LogP) is 4.09. The lowest BCUT2D eigenvalue weighted by molar-refractivity contribution is 0.612. The summed E-state index contributed by atoms with van der Waals surface area (Å²) in [5.41, 5.74) is 9.05. The van der Waals surface area contributed by atoms with E-state index >= 15 is 0 Å². The van der Waals surface area contributed by atoms with Crippen LogP contribution in [0, 0.1) is 12.7 Å². The van der Waals surface area contributed by atoms with Crippen LogP contribution in [0.15, 0.2) is 40.9 Å². The van der Waals surface area contributed by atoms with Crippen molar-refractivity contribution in [2.24, 2.45) is 0 Å². The van der Waals surface area contributed by atoms with E-state index in [4.69, 9.17) is 5.73 Å². The van der Waals surface area contributed by atoms with Crippen LogP contribution in [0.4, 0.5) is 15.8 Å². The van der Waals surface area contributed by atoms with E-state index in [0.717, 1.165) is 15.7 Å². The molecule has 2 aromatic rings. The SMILES string of the molecule is Cc1cc(N)cc(NCc2cc(Br)ccc2F)c1. The quantitative estimate of drug-likeness (QED) is 0.838. The van der Waals surface area contributed by atoms with Gasteiger partial charge in [-0.3, -0.25) is 0 Å². The number of nitrogen functional groups attached to an aromatic ring is 1. The first kappa shape index (κ1) is 12.9. The fourth-order valence-electron chi connectivity index (χ4n) is 1.79. The molecule has 2 rings (SSSR count). The summed E-state index contributed by atoms with van der Waals surface area (Å²) < 4.78 is 14.4. The lowest BCUT2D eigenvalue weighted by Gasteiger charge is -2.09. The summed E-state index contributed by atoms with van der Waals surface area (Å²) in [6, 6.07) is 10.6. The second-order valence-electron chi connectivity index (χ2n) is 4.22. The van der Waals surface area contributed by atoms with Crippen molar-refractivity contribution in [1.29, 1.82) is 0 Å². The van der Waals surface area contributed by atoms with Gasteiger partial charge in [0.15, 0.2) is 0 Å². The van der Waals surface area contributed by atoms with E-state index in [1.807, 2.05) is 25.1 Å². The van der Waals surface area contributed by atoms with Crippen LogP contribution in [-0.2, 0) is 6.54 Å². The molecule has 0 saturated carbocycles. The second kappa shape index (κ2) is 5.40. The van der Waals surface area contributed by atoms with Gasteiger partial charge in [-0.05, 0) is 48.9 Å². The molecule has 94 valence electrons. The molecule has 0 aliphatic rings. The third kappa shape index (κ3) is 3.23. The third-order valence-corrected chi connectivity index (χ3v) is 3.08. The van der Waals surface area contributed by atoms with Gasteiger partial charge in [-0.15, -0.1) is 0 Å². The van der Waals surface area contributed by atoms with E-state index in [2.05, 4.69) is 21.2 Å². The van der Waals surface area contributed by atoms with Crippen LogP contribution in [0.3, 0.4) is 0 Å². The molecule has 0 radical (unpaired) electrons. The highest BCUT2D eigenvalue weighted by molar-refractivity contribution is 9.10. The molecule has 0 fully saturated rings. The van der Waals surface area contributed by atoms with Gasteiger partial charge in [0, 0.05) is 28.0 Å². The highest BCUT2D eigenvalue weighted by atomic mass is 79.9. The molecule has 3 N–H and O–H groups in total. The van der Waals surface area contributed by atoms with Crippen molar-refractivity contribution in [2.45, 2.75) is 13.5 Å². The Hall–Kier alpha value is -1.55. The van der Waals surface area contributed by atoms with Crippen LogP contribution in [0.25, 0.3) is 0 Å². The molecule has 0 aromatic heterocycles. The third-order valence-electron chi connectivity index (χ3n) is 2.59. The summed E-state index contributed by atoms with van der Waals surface area (Å²) in [7, 11) is 0. The van der Waals surface area contributed by atoms with Gasteiger partial charge in [-0.1, -0.05) is 15.9 Å². The smallest absolute Gasteiger partial charge is 0.128 e. The first-order chi connectivity index (χ1) is 8.54. The number of aryl methyl sites for hydroxylation is 1. The monoisotopic (exact) mass is 308 g/mol. The van der Waals surface area contributed by atoms with Crippen molar-refractivity contribution in [1.82, 2.24) is 0 Å². The summed E-state index contributed by atoms with van der Waals surface area (Å²) in [6.07, 6.45) is 0. The largest absolute Gasteiger partial charge is 0.399 e. The normalized spacial score (nSPS) is 10.4. The van der Waals surface area contributed by atoms with E-state index < -0.39 is 0 Å². The Morgan fingerprint density at radius 2 is 2.00 bits per heavy atom. The zero-order valence-corrected chi connectivity index (χ0v) is 11.6. The fraction of sp³-hybridized carbons (Fsp3) is 0.143. The number of rotatable bonds is 3. The van der Waals surface area contributed by atoms with E-state index in [9.17, 15) is 4.39 Å². The van der Waals surface area contributed by atoms with Gasteiger partial charge in [-0.2, -0.15) is 0 Å². The lowest BCUT2D eigenvalue weighted by Crippen LogP contribution is -2.02. The van der Waals surface area contributed by atoms with Crippen molar-refractivity contribution in [3.8, 4) is 0 Å². The Morgan fingerprint density at radius 1 is 1.22 bits per heavy atom. The molecule has 0 spiro atoms. The van der Waals surface area contributed by atoms with Crippen molar-refractivity contribution < 1.29 is 4.39 Å². The molecule has 2 aromatic carbocycles. The molecule has 0 aliphatic carbocycles. The van der Waals surface area contributed by atoms with Crippen molar-refractivity contribution >= 4 is 27.3 Å². The number of anilines is 2. The summed E-state index contributed by atoms with van der Waals surface area (Å²) in [6.45, 7) is 2.40. The molecule has 0 saturated heterocycles. The molecule has 0 atom stereocenters. The number of halogens is 2. The standard InChI is InChI=1S/C14H14BrFN2/c1-9-4-12(17)7-13(5-9)18-8-10-6-11(15)2-3-14(10)16/h2-7,18H,8,17H2,1H3. The highest BCUT2D eigenvalue weighted by Gasteiger charge is 2.03. The molecule has 0 amide bonds. The summed E-state index contributed by atoms with van der Waals surface area (Å²) >= 11 is 3.33. The van der Waals surface area contributed by atoms with Crippen molar-refractivity contribution in [2.75, 3.05) is 11.1 Å². The van der Waals surface area contributed by atoms with E-state index in [0.29, 0.717) is 17.8 Å². The van der Waals surface area contributed by atoms with Gasteiger partial charge in [-0.25, -0.2) is 4.39 Å². The topological polar surface area (TPSA) is 38.0 Å². The molecule has 18 heavy (non-hydrogen) atoms. The van der Waals surface area contributed by atoms with Gasteiger partial charge in [0.1, 0.15) is 5.82 Å². The van der Waals surface area contributed by atoms with Crippen LogP contribution in [0.2, 0.25) is 0 Å². The fourth-order valence-corrected chi connectivity index (χ4v) is 2.20. The zero-order chi connectivity index (χ0) is 13.1. The average molecular weight is 309 g/mol. The number of hydrogen-bond donors (Lipinski definition) is 2. The maximum absolute atomic E-state index is 13.5. The lowest BCUT2D eigenvalue weighted by atomic mass is 10.1. The van der Waals surface area contributed by atoms with Crippen LogP contribution in [0.1, 0.15) is 11.1 Å². The van der Waals surface area contributed by atoms with Gasteiger partial charge in [0.2, 0.25) is 0 Å². The highest BCUT2D eigenvalue weighted by Crippen LogP contribution is 2.19. The maximum Gasteiger partial charge on any atom is 0.128 e. The molecular formula is C14H14BrFN2. The minimum absolute atomic E-state index is 0.216. The number of benzene rings is 2. The maximum atomic E-state index is 13.5. The number of nitrogens with two attached hydrogens (primary N) is 1. The van der Waals surface area contributed by atoms with Gasteiger partial charge in [0.25, 0.3) is 0 Å². The Balaban J connectivity index is 2.13. The summed E-state index contributed by atoms with van der Waals surface area (Å²) in [4.78, 5) is 0. The molecule has 0 bridgehead atoms. The Bertz CT molecular complexity index is 549. The van der Waals surface area contributed by atoms with Crippen LogP contribution < -0.4 is 11.1 Å². The molecule has 2 nitrogen and oxygen atoms in total. The second-order valence-corrected chi connectivity index (χ2v) is 5.14. The first-order valence-corrected chi connectivity index (χ1v) is 6.39. The van der Waals surface area contributed by atoms with Crippen molar-refractivity contribution in [3.63, 3.8) is 0 Å². The van der Waals surface area contributed by atoms with E-state index in [1.165, 1.54) is 6.07 Å². The Labute approximate surface area is 114 Å². The Kier molecular flexibility index (Phi) is 3.87. The summed E-state index contributed by atoms with van der Waals surface area (Å²) in [5, 5.41) is 3.17. The summed E-state index contributed by atoms with van der Waals surface area (Å²) in [5.74, 6) is -0.216. The predicted molar refractivity (Wildman–Crippen MR) is 77.0 cm³/mol. The van der Waals surface area contributed by atoms with Crippen molar-refractivity contribution in [3.05, 3.63) is 57.8 Å². The van der Waals surface area contributed by atoms with Crippen LogP contribution in [-0.4, -0.2) is 0 Å². The number of nitrogens with one attached hydrogen (secondary N) is 1. The van der Waals surface area contributed by atoms with Gasteiger partial charge >= 0.3 is 0 Å². The minimum atomic E-state index is -0.216. The van der Waals surface area contributed by atoms with Gasteiger partial charge in [0.05, 0.1) is 0 Å². The zero-order valence-electron chi connectivity index (χ0n) is 10.0. The molecule has 0 unspecified atom stereocenters. The number of hydrogen-bond acceptors (Lipinski definition) is 2. The molecule has 4 heteroatoms. The average Bonchev–Trinajstić information content (AvgIpc) is 2.29.